The molecule has 1 unspecified atom stereocenters. The van der Waals surface area contributed by atoms with E-state index in [9.17, 15) is 9.59 Å². The zero-order chi connectivity index (χ0) is 11.0. The molecular formula is C8H15NO3SSi. The number of hydrogen-bond donors (Lipinski definition) is 1. The van der Waals surface area contributed by atoms with E-state index in [-0.39, 0.29) is 21.6 Å². The molecule has 0 aromatic rings. The van der Waals surface area contributed by atoms with E-state index < -0.39 is 6.04 Å². The number of rotatable bonds is 6. The van der Waals surface area contributed by atoms with E-state index >= 15 is 0 Å². The molecule has 0 saturated carbocycles. The molecule has 0 aliphatic rings. The predicted octanol–water partition coefficient (Wildman–Crippen LogP) is 0.455. The third-order valence-corrected chi connectivity index (χ3v) is 2.52. The average molecular weight is 233 g/mol. The molecule has 6 heteroatoms. The molecular weight excluding hydrogens is 218 g/mol. The van der Waals surface area contributed by atoms with Crippen LogP contribution in [0.3, 0.4) is 0 Å². The summed E-state index contributed by atoms with van der Waals surface area (Å²) in [4.78, 5) is 22.1. The van der Waals surface area contributed by atoms with Crippen LogP contribution >= 0.6 is 11.8 Å². The lowest BCUT2D eigenvalue weighted by Crippen LogP contribution is -2.41. The first-order valence-electron chi connectivity index (χ1n) is 4.25. The summed E-state index contributed by atoms with van der Waals surface area (Å²) in [5.74, 6) is 0.287. The zero-order valence-corrected chi connectivity index (χ0v) is 10.4. The number of nitrogens with one attached hydrogen (secondary N) is 1. The highest BCUT2D eigenvalue weighted by Crippen LogP contribution is 2.02. The van der Waals surface area contributed by atoms with E-state index in [1.54, 1.807) is 18.3 Å². The van der Waals surface area contributed by atoms with Crippen LogP contribution in [0.15, 0.2) is 0 Å². The minimum Gasteiger partial charge on any atom is -0.515 e. The van der Waals surface area contributed by atoms with Crippen LogP contribution in [-0.4, -0.2) is 39.7 Å². The van der Waals surface area contributed by atoms with Crippen molar-refractivity contribution in [3.63, 3.8) is 0 Å². The standard InChI is InChI=1S/C8H15NO3SSi/c1-6(10)9-7(4-5-13-2)8(11)12-14-3/h7H,4-5H2,1-3H3,(H,9,10). The molecule has 1 atom stereocenters. The topological polar surface area (TPSA) is 55.4 Å². The molecule has 0 saturated heterocycles. The van der Waals surface area contributed by atoms with Gasteiger partial charge in [0.25, 0.3) is 0 Å². The molecule has 0 fully saturated rings. The van der Waals surface area contributed by atoms with Gasteiger partial charge in [-0.15, -0.1) is 0 Å². The van der Waals surface area contributed by atoms with Gasteiger partial charge in [0.05, 0.1) is 0 Å². The Hall–Kier alpha value is -0.493. The van der Waals surface area contributed by atoms with Crippen LogP contribution in [0.4, 0.5) is 0 Å². The third kappa shape index (κ3) is 6.04. The van der Waals surface area contributed by atoms with Gasteiger partial charge in [-0.2, -0.15) is 11.8 Å². The molecule has 0 bridgehead atoms. The molecule has 0 aromatic carbocycles. The SMILES string of the molecule is C[Si]OC(=O)C(CCSC)NC(C)=O. The van der Waals surface area contributed by atoms with Gasteiger partial charge in [0, 0.05) is 6.92 Å². The van der Waals surface area contributed by atoms with Crippen molar-refractivity contribution in [2.45, 2.75) is 25.9 Å². The molecule has 0 aromatic heterocycles. The fourth-order valence-corrected chi connectivity index (χ4v) is 1.72. The van der Waals surface area contributed by atoms with Crippen LogP contribution in [0, 0.1) is 0 Å². The van der Waals surface area contributed by atoms with Crippen LogP contribution in [0.1, 0.15) is 13.3 Å². The summed E-state index contributed by atoms with van der Waals surface area (Å²) >= 11 is 1.64. The van der Waals surface area contributed by atoms with Gasteiger partial charge in [-0.1, -0.05) is 0 Å². The maximum atomic E-state index is 11.3. The number of carbonyl (C=O) groups is 2. The Labute approximate surface area is 91.1 Å². The van der Waals surface area contributed by atoms with Crippen molar-refractivity contribution in [2.24, 2.45) is 0 Å². The van der Waals surface area contributed by atoms with Crippen molar-refractivity contribution in [2.75, 3.05) is 12.0 Å². The summed E-state index contributed by atoms with van der Waals surface area (Å²) < 4.78 is 4.87. The fourth-order valence-electron chi connectivity index (χ4n) is 0.902. The van der Waals surface area contributed by atoms with E-state index in [2.05, 4.69) is 5.32 Å². The Balaban J connectivity index is 4.08. The summed E-state index contributed by atoms with van der Waals surface area (Å²) in [7, 11) is 0.125. The van der Waals surface area contributed by atoms with E-state index in [4.69, 9.17) is 4.43 Å². The van der Waals surface area contributed by atoms with E-state index in [1.165, 1.54) is 6.92 Å². The van der Waals surface area contributed by atoms with E-state index in [0.717, 1.165) is 5.75 Å². The Bertz CT molecular complexity index is 201. The first kappa shape index (κ1) is 13.5. The Morgan fingerprint density at radius 2 is 2.21 bits per heavy atom. The van der Waals surface area contributed by atoms with Crippen molar-refractivity contribution in [3.8, 4) is 0 Å². The summed E-state index contributed by atoms with van der Waals surface area (Å²) in [6, 6.07) is -0.493. The summed E-state index contributed by atoms with van der Waals surface area (Å²) in [5, 5.41) is 2.58. The molecule has 14 heavy (non-hydrogen) atoms. The molecule has 4 nitrogen and oxygen atoms in total. The Morgan fingerprint density at radius 3 is 2.64 bits per heavy atom. The average Bonchev–Trinajstić information content (AvgIpc) is 2.12. The van der Waals surface area contributed by atoms with Crippen molar-refractivity contribution < 1.29 is 14.0 Å². The first-order valence-corrected chi connectivity index (χ1v) is 7.05. The zero-order valence-electron chi connectivity index (χ0n) is 8.62. The second-order valence-electron chi connectivity index (χ2n) is 2.66. The van der Waals surface area contributed by atoms with Gasteiger partial charge in [-0.05, 0) is 25.0 Å². The number of thioether (sulfide) groups is 1. The van der Waals surface area contributed by atoms with Crippen molar-refractivity contribution in [1.29, 1.82) is 0 Å². The van der Waals surface area contributed by atoms with Gasteiger partial charge in [0.1, 0.15) is 6.04 Å². The monoisotopic (exact) mass is 233 g/mol. The second-order valence-corrected chi connectivity index (χ2v) is 4.26. The molecule has 1 N–H and O–H groups in total. The van der Waals surface area contributed by atoms with Crippen molar-refractivity contribution in [1.82, 2.24) is 5.32 Å². The maximum Gasteiger partial charge on any atom is 0.315 e. The molecule has 0 aliphatic carbocycles. The lowest BCUT2D eigenvalue weighted by molar-refractivity contribution is -0.139. The predicted molar refractivity (Wildman–Crippen MR) is 58.3 cm³/mol. The molecule has 0 rings (SSSR count). The van der Waals surface area contributed by atoms with E-state index in [1.807, 2.05) is 6.26 Å². The van der Waals surface area contributed by atoms with Crippen LogP contribution in [-0.2, 0) is 14.0 Å². The van der Waals surface area contributed by atoms with Crippen molar-refractivity contribution in [3.05, 3.63) is 0 Å². The number of amides is 1. The maximum absolute atomic E-state index is 11.3. The quantitative estimate of drug-likeness (QED) is 0.677. The van der Waals surface area contributed by atoms with Gasteiger partial charge in [-0.3, -0.25) is 9.59 Å². The van der Waals surface area contributed by atoms with Crippen LogP contribution in [0.5, 0.6) is 0 Å². The normalized spacial score (nSPS) is 11.9. The molecule has 0 spiro atoms. The molecule has 1 amide bonds. The second kappa shape index (κ2) is 7.87. The molecule has 0 aliphatic heterocycles. The minimum atomic E-state index is -0.493. The van der Waals surface area contributed by atoms with E-state index in [0.29, 0.717) is 6.42 Å². The van der Waals surface area contributed by atoms with Gasteiger partial charge >= 0.3 is 15.7 Å². The highest BCUT2D eigenvalue weighted by atomic mass is 32.2. The van der Waals surface area contributed by atoms with Gasteiger partial charge in [0.15, 0.2) is 0 Å². The molecule has 80 valence electrons. The lowest BCUT2D eigenvalue weighted by Gasteiger charge is -2.15. The van der Waals surface area contributed by atoms with Gasteiger partial charge in [0.2, 0.25) is 5.91 Å². The number of carbonyl (C=O) groups excluding carboxylic acids is 2. The van der Waals surface area contributed by atoms with Crippen LogP contribution in [0.2, 0.25) is 6.55 Å². The minimum absolute atomic E-state index is 0.125. The van der Waals surface area contributed by atoms with Crippen LogP contribution in [0.25, 0.3) is 0 Å². The molecule has 2 radical (unpaired) electrons. The smallest absolute Gasteiger partial charge is 0.315 e. The summed E-state index contributed by atoms with van der Waals surface area (Å²) in [5.41, 5.74) is 0. The highest BCUT2D eigenvalue weighted by Gasteiger charge is 2.19. The van der Waals surface area contributed by atoms with Gasteiger partial charge in [-0.25, -0.2) is 0 Å². The summed E-state index contributed by atoms with van der Waals surface area (Å²) in [6.07, 6.45) is 2.57. The third-order valence-electron chi connectivity index (χ3n) is 1.48. The largest absolute Gasteiger partial charge is 0.515 e. The Kier molecular flexibility index (Phi) is 7.59. The number of hydrogen-bond acceptors (Lipinski definition) is 4. The van der Waals surface area contributed by atoms with Gasteiger partial charge < -0.3 is 9.74 Å². The van der Waals surface area contributed by atoms with Crippen LogP contribution < -0.4 is 5.32 Å². The highest BCUT2D eigenvalue weighted by molar-refractivity contribution is 7.98. The summed E-state index contributed by atoms with van der Waals surface area (Å²) in [6.45, 7) is 3.17. The Morgan fingerprint density at radius 1 is 1.57 bits per heavy atom. The first-order chi connectivity index (χ1) is 6.61. The van der Waals surface area contributed by atoms with Crippen molar-refractivity contribution >= 4 is 33.4 Å². The lowest BCUT2D eigenvalue weighted by atomic mass is 10.2. The fraction of sp³-hybridized carbons (Fsp3) is 0.750. The molecule has 0 heterocycles.